The van der Waals surface area contributed by atoms with Gasteiger partial charge in [0.2, 0.25) is 0 Å². The SMILES string of the molecule is Cc1cccc(NC(=O)C(=O)NC[C@@H](c2ccc3c(c2)CCN3C)N2CCCC2)c1. The first-order chi connectivity index (χ1) is 14.5. The van der Waals surface area contributed by atoms with Crippen LogP contribution in [0, 0.1) is 6.92 Å². The molecule has 0 radical (unpaired) electrons. The molecule has 0 spiro atoms. The minimum atomic E-state index is -0.628. The van der Waals surface area contributed by atoms with Crippen molar-refractivity contribution >= 4 is 23.2 Å². The van der Waals surface area contributed by atoms with Gasteiger partial charge in [-0.05, 0) is 74.2 Å². The fourth-order valence-corrected chi connectivity index (χ4v) is 4.49. The van der Waals surface area contributed by atoms with Gasteiger partial charge in [0, 0.05) is 31.5 Å². The molecule has 2 aliphatic rings. The molecule has 6 nitrogen and oxygen atoms in total. The lowest BCUT2D eigenvalue weighted by molar-refractivity contribution is -0.136. The number of carbonyl (C=O) groups is 2. The number of aryl methyl sites for hydroxylation is 1. The second kappa shape index (κ2) is 8.88. The predicted molar refractivity (Wildman–Crippen MR) is 120 cm³/mol. The van der Waals surface area contributed by atoms with Crippen molar-refractivity contribution in [3.63, 3.8) is 0 Å². The molecule has 0 unspecified atom stereocenters. The second-order valence-electron chi connectivity index (χ2n) is 8.35. The smallest absolute Gasteiger partial charge is 0.313 e. The summed E-state index contributed by atoms with van der Waals surface area (Å²) in [7, 11) is 2.12. The summed E-state index contributed by atoms with van der Waals surface area (Å²) in [6.45, 7) is 5.46. The number of fused-ring (bicyclic) bond motifs is 1. The van der Waals surface area contributed by atoms with Crippen LogP contribution in [0.1, 0.15) is 35.6 Å². The standard InChI is InChI=1S/C24H30N4O2/c1-17-6-5-7-20(14-17)26-24(30)23(29)25-16-22(28-11-3-4-12-28)18-8-9-21-19(15-18)10-13-27(21)2/h5-9,14-15,22H,3-4,10-13,16H2,1-2H3,(H,25,29)(H,26,30)/t22-/m0/s1. The Balaban J connectivity index is 1.44. The summed E-state index contributed by atoms with van der Waals surface area (Å²) in [4.78, 5) is 29.5. The van der Waals surface area contributed by atoms with Crippen LogP contribution in [0.4, 0.5) is 11.4 Å². The van der Waals surface area contributed by atoms with Crippen LogP contribution in [0.5, 0.6) is 0 Å². The van der Waals surface area contributed by atoms with Gasteiger partial charge in [0.1, 0.15) is 0 Å². The van der Waals surface area contributed by atoms with E-state index < -0.39 is 11.8 Å². The first kappa shape index (κ1) is 20.4. The van der Waals surface area contributed by atoms with Gasteiger partial charge in [-0.3, -0.25) is 14.5 Å². The minimum absolute atomic E-state index is 0.0828. The van der Waals surface area contributed by atoms with Crippen LogP contribution in [0.3, 0.4) is 0 Å². The fourth-order valence-electron chi connectivity index (χ4n) is 4.49. The molecular formula is C24H30N4O2. The van der Waals surface area contributed by atoms with E-state index in [0.717, 1.165) is 31.6 Å². The number of carbonyl (C=O) groups excluding carboxylic acids is 2. The van der Waals surface area contributed by atoms with Crippen LogP contribution in [0.25, 0.3) is 0 Å². The van der Waals surface area contributed by atoms with E-state index in [4.69, 9.17) is 0 Å². The topological polar surface area (TPSA) is 64.7 Å². The summed E-state index contributed by atoms with van der Waals surface area (Å²) in [5.74, 6) is -1.22. The summed E-state index contributed by atoms with van der Waals surface area (Å²) < 4.78 is 0. The molecule has 2 heterocycles. The molecule has 0 bridgehead atoms. The maximum Gasteiger partial charge on any atom is 0.313 e. The zero-order chi connectivity index (χ0) is 21.1. The average molecular weight is 407 g/mol. The highest BCUT2D eigenvalue weighted by molar-refractivity contribution is 6.39. The summed E-state index contributed by atoms with van der Waals surface area (Å²) in [6.07, 6.45) is 3.40. The molecule has 2 aliphatic heterocycles. The normalized spacial score (nSPS) is 16.9. The Labute approximate surface area is 178 Å². The lowest BCUT2D eigenvalue weighted by Crippen LogP contribution is -2.41. The van der Waals surface area contributed by atoms with Crippen LogP contribution >= 0.6 is 0 Å². The second-order valence-corrected chi connectivity index (χ2v) is 8.35. The van der Waals surface area contributed by atoms with Crippen molar-refractivity contribution in [3.8, 4) is 0 Å². The third-order valence-corrected chi connectivity index (χ3v) is 6.14. The van der Waals surface area contributed by atoms with E-state index in [-0.39, 0.29) is 6.04 Å². The summed E-state index contributed by atoms with van der Waals surface area (Å²) in [6, 6.07) is 14.2. The molecule has 1 fully saturated rings. The van der Waals surface area contributed by atoms with E-state index in [1.165, 1.54) is 29.7 Å². The van der Waals surface area contributed by atoms with Crippen molar-refractivity contribution in [3.05, 3.63) is 59.2 Å². The van der Waals surface area contributed by atoms with Crippen LogP contribution in [0.15, 0.2) is 42.5 Å². The highest BCUT2D eigenvalue weighted by atomic mass is 16.2. The van der Waals surface area contributed by atoms with E-state index in [1.807, 2.05) is 25.1 Å². The first-order valence-electron chi connectivity index (χ1n) is 10.7. The Morgan fingerprint density at radius 2 is 1.83 bits per heavy atom. The number of amides is 2. The van der Waals surface area contributed by atoms with Gasteiger partial charge in [0.15, 0.2) is 0 Å². The number of hydrogen-bond donors (Lipinski definition) is 2. The van der Waals surface area contributed by atoms with E-state index in [2.05, 4.69) is 45.7 Å². The zero-order valence-electron chi connectivity index (χ0n) is 17.8. The maximum atomic E-state index is 12.5. The molecular weight excluding hydrogens is 376 g/mol. The summed E-state index contributed by atoms with van der Waals surface area (Å²) >= 11 is 0. The molecule has 2 aromatic rings. The molecule has 2 aromatic carbocycles. The number of rotatable bonds is 5. The van der Waals surface area contributed by atoms with Crippen LogP contribution in [0.2, 0.25) is 0 Å². The maximum absolute atomic E-state index is 12.5. The van der Waals surface area contributed by atoms with Gasteiger partial charge >= 0.3 is 11.8 Å². The number of anilines is 2. The molecule has 2 N–H and O–H groups in total. The van der Waals surface area contributed by atoms with Gasteiger partial charge in [-0.2, -0.15) is 0 Å². The molecule has 2 amide bonds. The van der Waals surface area contributed by atoms with Crippen LogP contribution < -0.4 is 15.5 Å². The van der Waals surface area contributed by atoms with E-state index in [1.54, 1.807) is 6.07 Å². The van der Waals surface area contributed by atoms with Crippen molar-refractivity contribution in [2.75, 3.05) is 43.4 Å². The zero-order valence-corrected chi connectivity index (χ0v) is 17.8. The number of likely N-dealkylation sites (N-methyl/N-ethyl adjacent to an activating group) is 1. The summed E-state index contributed by atoms with van der Waals surface area (Å²) in [5.41, 5.74) is 5.53. The van der Waals surface area contributed by atoms with Gasteiger partial charge in [-0.25, -0.2) is 0 Å². The van der Waals surface area contributed by atoms with Crippen LogP contribution in [-0.2, 0) is 16.0 Å². The Morgan fingerprint density at radius 1 is 1.03 bits per heavy atom. The van der Waals surface area contributed by atoms with E-state index >= 15 is 0 Å². The van der Waals surface area contributed by atoms with Crippen molar-refractivity contribution in [1.29, 1.82) is 0 Å². The average Bonchev–Trinajstić information content (AvgIpc) is 3.38. The monoisotopic (exact) mass is 406 g/mol. The van der Waals surface area contributed by atoms with Gasteiger partial charge in [0.25, 0.3) is 0 Å². The Bertz CT molecular complexity index is 937. The van der Waals surface area contributed by atoms with E-state index in [9.17, 15) is 9.59 Å². The van der Waals surface area contributed by atoms with Crippen molar-refractivity contribution in [1.82, 2.24) is 10.2 Å². The highest BCUT2D eigenvalue weighted by Crippen LogP contribution is 2.32. The summed E-state index contributed by atoms with van der Waals surface area (Å²) in [5, 5.41) is 5.55. The predicted octanol–water partition coefficient (Wildman–Crippen LogP) is 2.88. The number of nitrogens with zero attached hydrogens (tertiary/aromatic N) is 2. The minimum Gasteiger partial charge on any atom is -0.374 e. The van der Waals surface area contributed by atoms with E-state index in [0.29, 0.717) is 12.2 Å². The van der Waals surface area contributed by atoms with Gasteiger partial charge in [0.05, 0.1) is 6.04 Å². The molecule has 0 aromatic heterocycles. The Morgan fingerprint density at radius 3 is 2.60 bits per heavy atom. The number of benzene rings is 2. The molecule has 0 saturated carbocycles. The van der Waals surface area contributed by atoms with Crippen molar-refractivity contribution < 1.29 is 9.59 Å². The molecule has 1 atom stereocenters. The molecule has 0 aliphatic carbocycles. The molecule has 6 heteroatoms. The first-order valence-corrected chi connectivity index (χ1v) is 10.7. The fraction of sp³-hybridized carbons (Fsp3) is 0.417. The third-order valence-electron chi connectivity index (χ3n) is 6.14. The molecule has 1 saturated heterocycles. The van der Waals surface area contributed by atoms with Gasteiger partial charge < -0.3 is 15.5 Å². The van der Waals surface area contributed by atoms with Crippen molar-refractivity contribution in [2.24, 2.45) is 0 Å². The Kier molecular flexibility index (Phi) is 6.04. The lowest BCUT2D eigenvalue weighted by Gasteiger charge is -2.28. The van der Waals surface area contributed by atoms with Crippen LogP contribution in [-0.4, -0.2) is 49.9 Å². The number of nitrogens with one attached hydrogen (secondary N) is 2. The quantitative estimate of drug-likeness (QED) is 0.750. The van der Waals surface area contributed by atoms with Gasteiger partial charge in [-0.1, -0.05) is 24.3 Å². The largest absolute Gasteiger partial charge is 0.374 e. The number of hydrogen-bond acceptors (Lipinski definition) is 4. The van der Waals surface area contributed by atoms with Gasteiger partial charge in [-0.15, -0.1) is 0 Å². The molecule has 4 rings (SSSR count). The molecule has 158 valence electrons. The molecule has 30 heavy (non-hydrogen) atoms. The third kappa shape index (κ3) is 4.49. The lowest BCUT2D eigenvalue weighted by atomic mass is 10.0. The van der Waals surface area contributed by atoms with Crippen molar-refractivity contribution in [2.45, 2.75) is 32.2 Å². The Hall–Kier alpha value is -2.86. The number of likely N-dealkylation sites (tertiary alicyclic amines) is 1. The highest BCUT2D eigenvalue weighted by Gasteiger charge is 2.27.